The summed E-state index contributed by atoms with van der Waals surface area (Å²) in [7, 11) is 3.27. The van der Waals surface area contributed by atoms with Gasteiger partial charge in [-0.25, -0.2) is 4.39 Å². The SMILES string of the molecule is Cn1ccc(NC(=O)c2cc(OC3C=CC([NH+](C)[O-])=CC3)c3c(c2)OC(CF)C3)n1. The lowest BCUT2D eigenvalue weighted by atomic mass is 10.0. The van der Waals surface area contributed by atoms with Gasteiger partial charge in [0.05, 0.1) is 7.05 Å². The molecule has 0 saturated carbocycles. The minimum Gasteiger partial charge on any atom is -0.629 e. The predicted molar refractivity (Wildman–Crippen MR) is 108 cm³/mol. The van der Waals surface area contributed by atoms with E-state index in [-0.39, 0.29) is 17.1 Å². The first kappa shape index (κ1) is 20.1. The third kappa shape index (κ3) is 4.22. The Kier molecular flexibility index (Phi) is 5.56. The molecule has 2 aromatic rings. The lowest BCUT2D eigenvalue weighted by Gasteiger charge is -2.23. The number of likely N-dealkylation sites (N-methyl/N-ethyl adjacent to an activating group) is 1. The first-order valence-electron chi connectivity index (χ1n) is 9.69. The van der Waals surface area contributed by atoms with Crippen molar-refractivity contribution in [1.82, 2.24) is 9.78 Å². The maximum absolute atomic E-state index is 13.2. The quantitative estimate of drug-likeness (QED) is 0.700. The highest BCUT2D eigenvalue weighted by Crippen LogP contribution is 2.38. The molecule has 158 valence electrons. The molecule has 9 heteroatoms. The fourth-order valence-corrected chi connectivity index (χ4v) is 3.48. The molecule has 1 amide bonds. The third-order valence-electron chi connectivity index (χ3n) is 5.03. The Balaban J connectivity index is 1.58. The second-order valence-corrected chi connectivity index (χ2v) is 7.34. The monoisotopic (exact) mass is 414 g/mol. The van der Waals surface area contributed by atoms with Crippen LogP contribution in [0.2, 0.25) is 0 Å². The number of alkyl halides is 1. The Morgan fingerprint density at radius 1 is 1.50 bits per heavy atom. The van der Waals surface area contributed by atoms with Gasteiger partial charge in [0, 0.05) is 43.3 Å². The highest BCUT2D eigenvalue weighted by atomic mass is 19.1. The molecule has 2 N–H and O–H groups in total. The van der Waals surface area contributed by atoms with Gasteiger partial charge in [-0.05, 0) is 30.4 Å². The zero-order chi connectivity index (χ0) is 21.3. The number of fused-ring (bicyclic) bond motifs is 1. The first-order chi connectivity index (χ1) is 14.4. The number of ether oxygens (including phenoxy) is 2. The van der Waals surface area contributed by atoms with Crippen molar-refractivity contribution in [3.63, 3.8) is 0 Å². The second-order valence-electron chi connectivity index (χ2n) is 7.34. The van der Waals surface area contributed by atoms with Crippen LogP contribution in [0.3, 0.4) is 0 Å². The number of hydrogen-bond acceptors (Lipinski definition) is 5. The highest BCUT2D eigenvalue weighted by Gasteiger charge is 2.29. The normalized spacial score (nSPS) is 20.9. The number of hydrogen-bond donors (Lipinski definition) is 2. The molecule has 8 nitrogen and oxygen atoms in total. The Hall–Kier alpha value is -3.17. The highest BCUT2D eigenvalue weighted by molar-refractivity contribution is 6.04. The number of quaternary nitrogens is 1. The van der Waals surface area contributed by atoms with E-state index in [4.69, 9.17) is 9.47 Å². The molecular weight excluding hydrogens is 391 g/mol. The van der Waals surface area contributed by atoms with Crippen LogP contribution in [0, 0.1) is 5.21 Å². The zero-order valence-corrected chi connectivity index (χ0v) is 16.7. The number of aryl methyl sites for hydroxylation is 1. The lowest BCUT2D eigenvalue weighted by Crippen LogP contribution is -3.01. The molecule has 4 rings (SSSR count). The average Bonchev–Trinajstić information content (AvgIpc) is 3.34. The van der Waals surface area contributed by atoms with Gasteiger partial charge in [-0.15, -0.1) is 0 Å². The summed E-state index contributed by atoms with van der Waals surface area (Å²) >= 11 is 0. The van der Waals surface area contributed by atoms with Crippen molar-refractivity contribution in [2.45, 2.75) is 25.0 Å². The number of hydroxylamine groups is 2. The molecule has 1 aliphatic heterocycles. The van der Waals surface area contributed by atoms with Crippen LogP contribution < -0.4 is 19.9 Å². The van der Waals surface area contributed by atoms with E-state index in [1.165, 1.54) is 7.05 Å². The average molecular weight is 414 g/mol. The summed E-state index contributed by atoms with van der Waals surface area (Å²) in [6.07, 6.45) is 7.10. The number of nitrogens with one attached hydrogen (secondary N) is 2. The molecule has 30 heavy (non-hydrogen) atoms. The van der Waals surface area contributed by atoms with Gasteiger partial charge in [0.2, 0.25) is 0 Å². The molecule has 0 radical (unpaired) electrons. The van der Waals surface area contributed by atoms with Crippen LogP contribution in [0.4, 0.5) is 10.2 Å². The number of aromatic nitrogens is 2. The summed E-state index contributed by atoms with van der Waals surface area (Å²) in [5, 5.41) is 18.4. The molecular formula is C21H23FN4O4. The number of anilines is 1. The molecule has 0 fully saturated rings. The Labute approximate surface area is 173 Å². The van der Waals surface area contributed by atoms with E-state index in [1.54, 1.807) is 42.2 Å². The summed E-state index contributed by atoms with van der Waals surface area (Å²) < 4.78 is 26.6. The van der Waals surface area contributed by atoms with Gasteiger partial charge >= 0.3 is 0 Å². The van der Waals surface area contributed by atoms with Crippen LogP contribution >= 0.6 is 0 Å². The van der Waals surface area contributed by atoms with Crippen molar-refractivity contribution in [2.75, 3.05) is 19.0 Å². The first-order valence-corrected chi connectivity index (χ1v) is 9.69. The molecule has 0 spiro atoms. The number of carbonyl (C=O) groups excluding carboxylic acids is 1. The van der Waals surface area contributed by atoms with Crippen LogP contribution in [0.25, 0.3) is 0 Å². The van der Waals surface area contributed by atoms with E-state index in [0.29, 0.717) is 41.4 Å². The fourth-order valence-electron chi connectivity index (χ4n) is 3.48. The van der Waals surface area contributed by atoms with Crippen LogP contribution in [-0.4, -0.2) is 41.6 Å². The van der Waals surface area contributed by atoms with Gasteiger partial charge in [0.25, 0.3) is 5.91 Å². The number of rotatable bonds is 6. The molecule has 0 saturated heterocycles. The minimum absolute atomic E-state index is 0.00188. The number of halogens is 1. The van der Waals surface area contributed by atoms with Crippen molar-refractivity contribution >= 4 is 11.7 Å². The van der Waals surface area contributed by atoms with Crippen LogP contribution in [-0.2, 0) is 13.5 Å². The summed E-state index contributed by atoms with van der Waals surface area (Å²) in [4.78, 5) is 12.7. The summed E-state index contributed by atoms with van der Waals surface area (Å²) in [5.41, 5.74) is 1.71. The van der Waals surface area contributed by atoms with Crippen LogP contribution in [0.5, 0.6) is 11.5 Å². The van der Waals surface area contributed by atoms with Gasteiger partial charge in [0.15, 0.2) is 5.82 Å². The van der Waals surface area contributed by atoms with E-state index >= 15 is 0 Å². The largest absolute Gasteiger partial charge is 0.629 e. The Morgan fingerprint density at radius 2 is 2.33 bits per heavy atom. The molecule has 3 atom stereocenters. The molecule has 1 aliphatic carbocycles. The molecule has 2 heterocycles. The Morgan fingerprint density at radius 3 is 2.97 bits per heavy atom. The number of amides is 1. The van der Waals surface area contributed by atoms with Crippen LogP contribution in [0.15, 0.2) is 48.3 Å². The molecule has 1 aromatic carbocycles. The maximum atomic E-state index is 13.2. The number of benzene rings is 1. The van der Waals surface area contributed by atoms with Gasteiger partial charge < -0.3 is 25.1 Å². The van der Waals surface area contributed by atoms with Crippen molar-refractivity contribution in [1.29, 1.82) is 0 Å². The van der Waals surface area contributed by atoms with E-state index in [2.05, 4.69) is 10.4 Å². The zero-order valence-electron chi connectivity index (χ0n) is 16.7. The summed E-state index contributed by atoms with van der Waals surface area (Å²) in [6.45, 7) is -0.627. The number of allylic oxidation sites excluding steroid dienone is 1. The standard InChI is InChI=1S/C21H23FN4O4/c1-25-8-7-20(24-25)23-21(27)13-9-18(17-11-16(12-22)30-19(17)10-13)29-15-5-3-14(4-6-15)26(2)28/h3-5,7-10,15-16,26H,6,11-12H2,1-2H3,(H,23,24,27). The second kappa shape index (κ2) is 8.29. The summed E-state index contributed by atoms with van der Waals surface area (Å²) in [5.74, 6) is 0.974. The van der Waals surface area contributed by atoms with Crippen molar-refractivity contribution in [3.05, 3.63) is 64.7 Å². The van der Waals surface area contributed by atoms with Gasteiger partial charge in [-0.2, -0.15) is 5.10 Å². The van der Waals surface area contributed by atoms with E-state index < -0.39 is 12.8 Å². The van der Waals surface area contributed by atoms with Gasteiger partial charge in [-0.1, -0.05) is 0 Å². The van der Waals surface area contributed by atoms with E-state index in [0.717, 1.165) is 5.56 Å². The van der Waals surface area contributed by atoms with Crippen molar-refractivity contribution < 1.29 is 23.7 Å². The lowest BCUT2D eigenvalue weighted by molar-refractivity contribution is -0.779. The van der Waals surface area contributed by atoms with E-state index in [9.17, 15) is 14.4 Å². The van der Waals surface area contributed by atoms with Gasteiger partial charge in [-0.3, -0.25) is 9.48 Å². The molecule has 2 aliphatic rings. The molecule has 0 bridgehead atoms. The Bertz CT molecular complexity index is 1010. The maximum Gasteiger partial charge on any atom is 0.257 e. The van der Waals surface area contributed by atoms with Crippen molar-refractivity contribution in [3.8, 4) is 11.5 Å². The number of nitrogens with zero attached hydrogens (tertiary/aromatic N) is 2. The van der Waals surface area contributed by atoms with Crippen molar-refractivity contribution in [2.24, 2.45) is 7.05 Å². The summed E-state index contributed by atoms with van der Waals surface area (Å²) in [6, 6.07) is 4.92. The topological polar surface area (TPSA) is 92.9 Å². The molecule has 3 unspecified atom stereocenters. The smallest absolute Gasteiger partial charge is 0.257 e. The number of carbonyl (C=O) groups is 1. The van der Waals surface area contributed by atoms with E-state index in [1.807, 2.05) is 12.2 Å². The fraction of sp³-hybridized carbons (Fsp3) is 0.333. The van der Waals surface area contributed by atoms with Crippen LogP contribution in [0.1, 0.15) is 22.3 Å². The predicted octanol–water partition coefficient (Wildman–Crippen LogP) is 1.55. The minimum atomic E-state index is -0.627. The van der Waals surface area contributed by atoms with Gasteiger partial charge in [0.1, 0.15) is 36.1 Å². The molecule has 1 aromatic heterocycles. The third-order valence-corrected chi connectivity index (χ3v) is 5.03.